The highest BCUT2D eigenvalue weighted by Crippen LogP contribution is 2.33. The van der Waals surface area contributed by atoms with E-state index in [1.165, 1.54) is 11.3 Å². The van der Waals surface area contributed by atoms with Gasteiger partial charge in [-0.25, -0.2) is 4.98 Å². The fourth-order valence-electron chi connectivity index (χ4n) is 1.82. The van der Waals surface area contributed by atoms with Gasteiger partial charge in [0.2, 0.25) is 0 Å². The normalized spacial score (nSPS) is 14.5. The number of thiazole rings is 1. The quantitative estimate of drug-likeness (QED) is 0.874. The molecule has 0 saturated carbocycles. The van der Waals surface area contributed by atoms with Crippen LogP contribution in [0.3, 0.4) is 0 Å². The second-order valence-corrected chi connectivity index (χ2v) is 5.17. The average molecular weight is 248 g/mol. The predicted molar refractivity (Wildman–Crippen MR) is 70.9 cm³/mol. The Balaban J connectivity index is 2.26. The zero-order valence-corrected chi connectivity index (χ0v) is 10.6. The topological polar surface area (TPSA) is 59.1 Å². The van der Waals surface area contributed by atoms with Crippen LogP contribution in [0.5, 0.6) is 0 Å². The summed E-state index contributed by atoms with van der Waals surface area (Å²) in [6.07, 6.45) is 2.90. The lowest BCUT2D eigenvalue weighted by Gasteiger charge is -2.25. The molecular weight excluding hydrogens is 232 g/mol. The molecule has 2 rings (SSSR count). The number of aromatic nitrogens is 1. The molecule has 0 bridgehead atoms. The highest BCUT2D eigenvalue weighted by Gasteiger charge is 2.29. The molecule has 0 amide bonds. The van der Waals surface area contributed by atoms with E-state index in [4.69, 9.17) is 5.73 Å². The minimum absolute atomic E-state index is 0.500. The van der Waals surface area contributed by atoms with Gasteiger partial charge in [0.25, 0.3) is 0 Å². The number of nitrogens with two attached hydrogens (primary N) is 1. The van der Waals surface area contributed by atoms with Gasteiger partial charge in [0.1, 0.15) is 5.60 Å². The van der Waals surface area contributed by atoms with Gasteiger partial charge < -0.3 is 10.8 Å². The fraction of sp³-hybridized carbons (Fsp3) is 0.308. The van der Waals surface area contributed by atoms with E-state index in [-0.39, 0.29) is 0 Å². The highest BCUT2D eigenvalue weighted by molar-refractivity contribution is 7.15. The van der Waals surface area contributed by atoms with E-state index < -0.39 is 5.60 Å². The maximum atomic E-state index is 10.7. The summed E-state index contributed by atoms with van der Waals surface area (Å²) in [6.45, 7) is 1.97. The molecule has 0 spiro atoms. The van der Waals surface area contributed by atoms with Crippen molar-refractivity contribution in [3.63, 3.8) is 0 Å². The fourth-order valence-corrected chi connectivity index (χ4v) is 2.67. The highest BCUT2D eigenvalue weighted by atomic mass is 32.1. The summed E-state index contributed by atoms with van der Waals surface area (Å²) in [5.41, 5.74) is 5.87. The lowest BCUT2D eigenvalue weighted by molar-refractivity contribution is 0.0363. The molecule has 0 aliphatic heterocycles. The van der Waals surface area contributed by atoms with Crippen LogP contribution in [-0.2, 0) is 12.0 Å². The van der Waals surface area contributed by atoms with Gasteiger partial charge in [-0.1, -0.05) is 48.6 Å². The van der Waals surface area contributed by atoms with Crippen molar-refractivity contribution in [2.75, 3.05) is 5.73 Å². The lowest BCUT2D eigenvalue weighted by Crippen LogP contribution is -2.26. The zero-order chi connectivity index (χ0) is 12.3. The maximum Gasteiger partial charge on any atom is 0.180 e. The van der Waals surface area contributed by atoms with Crippen molar-refractivity contribution in [3.8, 4) is 0 Å². The maximum absolute atomic E-state index is 10.7. The van der Waals surface area contributed by atoms with Crippen molar-refractivity contribution in [2.24, 2.45) is 0 Å². The van der Waals surface area contributed by atoms with E-state index in [1.54, 1.807) is 6.20 Å². The van der Waals surface area contributed by atoms with Crippen LogP contribution in [0, 0.1) is 0 Å². The van der Waals surface area contributed by atoms with E-state index in [2.05, 4.69) is 4.98 Å². The smallest absolute Gasteiger partial charge is 0.180 e. The zero-order valence-electron chi connectivity index (χ0n) is 9.76. The molecule has 0 aliphatic rings. The van der Waals surface area contributed by atoms with Crippen LogP contribution in [0.15, 0.2) is 36.5 Å². The molecule has 0 aliphatic carbocycles. The molecule has 0 saturated heterocycles. The van der Waals surface area contributed by atoms with Gasteiger partial charge in [-0.15, -0.1) is 0 Å². The third-order valence-corrected chi connectivity index (χ3v) is 3.93. The Hall–Kier alpha value is -1.39. The Morgan fingerprint density at radius 3 is 2.59 bits per heavy atom. The third-order valence-electron chi connectivity index (χ3n) is 2.91. The van der Waals surface area contributed by atoms with Crippen molar-refractivity contribution in [1.82, 2.24) is 4.98 Å². The van der Waals surface area contributed by atoms with Crippen molar-refractivity contribution >= 4 is 16.5 Å². The second kappa shape index (κ2) is 4.85. The molecule has 0 fully saturated rings. The van der Waals surface area contributed by atoms with Crippen LogP contribution in [0.1, 0.15) is 23.8 Å². The molecule has 3 nitrogen and oxygen atoms in total. The van der Waals surface area contributed by atoms with Crippen molar-refractivity contribution < 1.29 is 5.11 Å². The first-order chi connectivity index (χ1) is 8.14. The molecule has 3 N–H and O–H groups in total. The Bertz CT molecular complexity index is 483. The molecule has 17 heavy (non-hydrogen) atoms. The summed E-state index contributed by atoms with van der Waals surface area (Å²) in [4.78, 5) is 4.84. The molecule has 0 radical (unpaired) electrons. The molecule has 90 valence electrons. The monoisotopic (exact) mass is 248 g/mol. The van der Waals surface area contributed by atoms with Gasteiger partial charge in [-0.3, -0.25) is 0 Å². The molecule has 2 aromatic rings. The Kier molecular flexibility index (Phi) is 3.45. The van der Waals surface area contributed by atoms with E-state index >= 15 is 0 Å². The van der Waals surface area contributed by atoms with E-state index in [0.717, 1.165) is 10.4 Å². The minimum Gasteiger partial charge on any atom is -0.384 e. The van der Waals surface area contributed by atoms with Gasteiger partial charge in [0.15, 0.2) is 5.13 Å². The number of hydrogen-bond acceptors (Lipinski definition) is 4. The molecule has 1 aromatic carbocycles. The van der Waals surface area contributed by atoms with Crippen molar-refractivity contribution in [1.29, 1.82) is 0 Å². The van der Waals surface area contributed by atoms with Crippen molar-refractivity contribution in [2.45, 2.75) is 25.4 Å². The van der Waals surface area contributed by atoms with Gasteiger partial charge in [0, 0.05) is 12.6 Å². The third kappa shape index (κ3) is 2.65. The van der Waals surface area contributed by atoms with Crippen LogP contribution in [0.4, 0.5) is 5.13 Å². The second-order valence-electron chi connectivity index (χ2n) is 4.11. The van der Waals surface area contributed by atoms with Gasteiger partial charge in [-0.2, -0.15) is 0 Å². The summed E-state index contributed by atoms with van der Waals surface area (Å²) in [7, 11) is 0. The van der Waals surface area contributed by atoms with E-state index in [1.807, 2.05) is 37.3 Å². The first-order valence-corrected chi connectivity index (χ1v) is 6.44. The SMILES string of the molecule is CCC(O)(Cc1ccccc1)c1cnc(N)s1. The number of anilines is 1. The van der Waals surface area contributed by atoms with E-state index in [9.17, 15) is 5.11 Å². The molecule has 4 heteroatoms. The Labute approximate surface area is 105 Å². The standard InChI is InChI=1S/C13H16N2OS/c1-2-13(16,11-9-15-12(14)17-11)8-10-6-4-3-5-7-10/h3-7,9,16H,2,8H2,1H3,(H2,14,15). The van der Waals surface area contributed by atoms with Gasteiger partial charge >= 0.3 is 0 Å². The summed E-state index contributed by atoms with van der Waals surface area (Å²) in [6, 6.07) is 9.97. The number of aliphatic hydroxyl groups is 1. The van der Waals surface area contributed by atoms with Crippen LogP contribution < -0.4 is 5.73 Å². The number of rotatable bonds is 4. The van der Waals surface area contributed by atoms with Crippen LogP contribution in [0.25, 0.3) is 0 Å². The summed E-state index contributed by atoms with van der Waals surface area (Å²) >= 11 is 1.36. The number of nitrogen functional groups attached to an aromatic ring is 1. The first-order valence-electron chi connectivity index (χ1n) is 5.62. The largest absolute Gasteiger partial charge is 0.384 e. The van der Waals surface area contributed by atoms with E-state index in [0.29, 0.717) is 18.0 Å². The predicted octanol–water partition coefficient (Wildman–Crippen LogP) is 2.57. The number of nitrogens with zero attached hydrogens (tertiary/aromatic N) is 1. The first kappa shape index (κ1) is 12.1. The molecule has 1 aromatic heterocycles. The Morgan fingerprint density at radius 1 is 1.35 bits per heavy atom. The van der Waals surface area contributed by atoms with Gasteiger partial charge in [0.05, 0.1) is 4.88 Å². The molecular formula is C13H16N2OS. The molecule has 1 unspecified atom stereocenters. The minimum atomic E-state index is -0.864. The number of hydrogen-bond donors (Lipinski definition) is 2. The molecule has 1 heterocycles. The summed E-state index contributed by atoms with van der Waals surface area (Å²) in [5, 5.41) is 11.2. The van der Waals surface area contributed by atoms with Crippen LogP contribution in [-0.4, -0.2) is 10.1 Å². The lowest BCUT2D eigenvalue weighted by atomic mass is 9.91. The Morgan fingerprint density at radius 2 is 2.06 bits per heavy atom. The van der Waals surface area contributed by atoms with Crippen molar-refractivity contribution in [3.05, 3.63) is 47.0 Å². The van der Waals surface area contributed by atoms with Gasteiger partial charge in [-0.05, 0) is 12.0 Å². The van der Waals surface area contributed by atoms with Crippen LogP contribution in [0.2, 0.25) is 0 Å². The summed E-state index contributed by atoms with van der Waals surface area (Å²) in [5.74, 6) is 0. The average Bonchev–Trinajstić information content (AvgIpc) is 2.78. The summed E-state index contributed by atoms with van der Waals surface area (Å²) < 4.78 is 0. The molecule has 1 atom stereocenters. The number of benzene rings is 1. The van der Waals surface area contributed by atoms with Crippen LogP contribution >= 0.6 is 11.3 Å².